The van der Waals surface area contributed by atoms with Gasteiger partial charge in [-0.1, -0.05) is 12.1 Å². The van der Waals surface area contributed by atoms with Gasteiger partial charge in [0.25, 0.3) is 0 Å². The zero-order valence-corrected chi connectivity index (χ0v) is 17.0. The molecule has 24 heavy (non-hydrogen) atoms. The molecule has 0 saturated carbocycles. The van der Waals surface area contributed by atoms with Crippen molar-refractivity contribution in [2.75, 3.05) is 27.4 Å². The number of benzene rings is 1. The molecule has 0 saturated heterocycles. The van der Waals surface area contributed by atoms with Gasteiger partial charge in [-0.3, -0.25) is 4.99 Å². The van der Waals surface area contributed by atoms with Crippen molar-refractivity contribution < 1.29 is 9.47 Å². The normalized spacial score (nSPS) is 12.7. The fourth-order valence-electron chi connectivity index (χ4n) is 2.46. The monoisotopic (exact) mass is 459 g/mol. The van der Waals surface area contributed by atoms with Gasteiger partial charge in [-0.15, -0.1) is 35.3 Å². The van der Waals surface area contributed by atoms with E-state index >= 15 is 0 Å². The summed E-state index contributed by atoms with van der Waals surface area (Å²) in [5.41, 5.74) is 1.14. The summed E-state index contributed by atoms with van der Waals surface area (Å²) < 4.78 is 10.7. The highest BCUT2D eigenvalue weighted by atomic mass is 127. The standard InChI is InChI=1S/C17H21N3O2S.HI/c1-18-17(20(2)8-7-14-4-3-9-23-14)19-11-13-5-6-15-16(10-13)22-12-21-15;/h3-6,9-10H,7-8,11-12H2,1-2H3,(H,18,19);1H. The number of aliphatic imine (C=N–C) groups is 1. The largest absolute Gasteiger partial charge is 0.454 e. The van der Waals surface area contributed by atoms with Crippen LogP contribution in [0.4, 0.5) is 0 Å². The smallest absolute Gasteiger partial charge is 0.231 e. The average molecular weight is 459 g/mol. The second-order valence-electron chi connectivity index (χ2n) is 5.34. The molecule has 0 spiro atoms. The molecule has 1 aliphatic heterocycles. The molecule has 5 nitrogen and oxygen atoms in total. The number of rotatable bonds is 5. The number of hydrogen-bond acceptors (Lipinski definition) is 4. The molecule has 7 heteroatoms. The second-order valence-corrected chi connectivity index (χ2v) is 6.37. The fourth-order valence-corrected chi connectivity index (χ4v) is 3.15. The lowest BCUT2D eigenvalue weighted by molar-refractivity contribution is 0.174. The van der Waals surface area contributed by atoms with E-state index in [4.69, 9.17) is 9.47 Å². The first-order valence-corrected chi connectivity index (χ1v) is 8.47. The molecule has 0 bridgehead atoms. The van der Waals surface area contributed by atoms with Gasteiger partial charge in [0.05, 0.1) is 0 Å². The highest BCUT2D eigenvalue weighted by Crippen LogP contribution is 2.32. The van der Waals surface area contributed by atoms with Crippen molar-refractivity contribution in [3.05, 3.63) is 46.2 Å². The summed E-state index contributed by atoms with van der Waals surface area (Å²) in [6, 6.07) is 10.3. The van der Waals surface area contributed by atoms with Gasteiger partial charge in [-0.2, -0.15) is 0 Å². The molecule has 3 rings (SSSR count). The maximum atomic E-state index is 5.41. The van der Waals surface area contributed by atoms with Gasteiger partial charge in [0, 0.05) is 32.1 Å². The Balaban J connectivity index is 0.00000208. The van der Waals surface area contributed by atoms with Gasteiger partial charge >= 0.3 is 0 Å². The number of thiophene rings is 1. The van der Waals surface area contributed by atoms with E-state index in [9.17, 15) is 0 Å². The number of guanidine groups is 1. The van der Waals surface area contributed by atoms with Gasteiger partial charge in [0.2, 0.25) is 6.79 Å². The lowest BCUT2D eigenvalue weighted by Gasteiger charge is -2.22. The van der Waals surface area contributed by atoms with Crippen molar-refractivity contribution in [1.29, 1.82) is 0 Å². The topological polar surface area (TPSA) is 46.1 Å². The summed E-state index contributed by atoms with van der Waals surface area (Å²) in [7, 11) is 3.87. The molecule has 0 unspecified atom stereocenters. The van der Waals surface area contributed by atoms with Gasteiger partial charge in [0.15, 0.2) is 17.5 Å². The van der Waals surface area contributed by atoms with Crippen LogP contribution < -0.4 is 14.8 Å². The lowest BCUT2D eigenvalue weighted by atomic mass is 10.2. The van der Waals surface area contributed by atoms with Crippen LogP contribution in [0.5, 0.6) is 11.5 Å². The van der Waals surface area contributed by atoms with Crippen molar-refractivity contribution in [3.8, 4) is 11.5 Å². The van der Waals surface area contributed by atoms with Crippen LogP contribution in [0.25, 0.3) is 0 Å². The highest BCUT2D eigenvalue weighted by molar-refractivity contribution is 14.0. The SMILES string of the molecule is CN=C(NCc1ccc2c(c1)OCO2)N(C)CCc1cccs1.I. The summed E-state index contributed by atoms with van der Waals surface area (Å²) in [5.74, 6) is 2.51. The van der Waals surface area contributed by atoms with Gasteiger partial charge in [-0.05, 0) is 35.6 Å². The summed E-state index contributed by atoms with van der Waals surface area (Å²) in [6.07, 6.45) is 1.03. The third-order valence-corrected chi connectivity index (χ3v) is 4.67. The Morgan fingerprint density at radius 3 is 2.88 bits per heavy atom. The number of halogens is 1. The molecule has 1 aromatic carbocycles. The van der Waals surface area contributed by atoms with Crippen LogP contribution >= 0.6 is 35.3 Å². The minimum absolute atomic E-state index is 0. The minimum Gasteiger partial charge on any atom is -0.454 e. The van der Waals surface area contributed by atoms with Crippen molar-refractivity contribution in [1.82, 2.24) is 10.2 Å². The third kappa shape index (κ3) is 4.76. The van der Waals surface area contributed by atoms with Crippen LogP contribution in [0.1, 0.15) is 10.4 Å². The van der Waals surface area contributed by atoms with Crippen molar-refractivity contribution in [2.45, 2.75) is 13.0 Å². The predicted molar refractivity (Wildman–Crippen MR) is 109 cm³/mol. The first-order chi connectivity index (χ1) is 11.3. The number of fused-ring (bicyclic) bond motifs is 1. The molecule has 0 amide bonds. The zero-order chi connectivity index (χ0) is 16.1. The number of ether oxygens (including phenoxy) is 2. The maximum absolute atomic E-state index is 5.41. The van der Waals surface area contributed by atoms with E-state index in [-0.39, 0.29) is 24.0 Å². The van der Waals surface area contributed by atoms with Gasteiger partial charge in [-0.25, -0.2) is 0 Å². The molecular formula is C17H22IN3O2S. The van der Waals surface area contributed by atoms with Crippen LogP contribution in [0.2, 0.25) is 0 Å². The third-order valence-electron chi connectivity index (χ3n) is 3.73. The van der Waals surface area contributed by atoms with Crippen molar-refractivity contribution in [2.24, 2.45) is 4.99 Å². The molecule has 2 aromatic rings. The Morgan fingerprint density at radius 1 is 1.29 bits per heavy atom. The molecule has 0 aliphatic carbocycles. The Kier molecular flexibility index (Phi) is 7.16. The van der Waals surface area contributed by atoms with Gasteiger partial charge < -0.3 is 19.7 Å². The molecule has 1 aliphatic rings. The van der Waals surface area contributed by atoms with E-state index in [1.165, 1.54) is 4.88 Å². The highest BCUT2D eigenvalue weighted by Gasteiger charge is 2.13. The number of hydrogen-bond donors (Lipinski definition) is 1. The summed E-state index contributed by atoms with van der Waals surface area (Å²) in [6.45, 7) is 1.94. The van der Waals surface area contributed by atoms with Gasteiger partial charge in [0.1, 0.15) is 0 Å². The summed E-state index contributed by atoms with van der Waals surface area (Å²) >= 11 is 1.79. The van der Waals surface area contributed by atoms with Crippen molar-refractivity contribution >= 4 is 41.3 Å². The van der Waals surface area contributed by atoms with E-state index in [1.807, 2.05) is 25.2 Å². The maximum Gasteiger partial charge on any atom is 0.231 e. The molecule has 130 valence electrons. The van der Waals surface area contributed by atoms with Crippen LogP contribution in [0.15, 0.2) is 40.7 Å². The Hall–Kier alpha value is -1.48. The molecule has 0 fully saturated rings. The number of likely N-dealkylation sites (N-methyl/N-ethyl adjacent to an activating group) is 1. The molecule has 0 radical (unpaired) electrons. The molecule has 1 N–H and O–H groups in total. The molecular weight excluding hydrogens is 437 g/mol. The predicted octanol–water partition coefficient (Wildman–Crippen LogP) is 3.34. The number of nitrogens with one attached hydrogen (secondary N) is 1. The molecule has 1 aromatic heterocycles. The number of nitrogens with zero attached hydrogens (tertiary/aromatic N) is 2. The summed E-state index contributed by atoms with van der Waals surface area (Å²) in [4.78, 5) is 7.89. The van der Waals surface area contributed by atoms with Crippen molar-refractivity contribution in [3.63, 3.8) is 0 Å². The first kappa shape index (κ1) is 18.9. The van der Waals surface area contributed by atoms with E-state index in [0.717, 1.165) is 36.0 Å². The minimum atomic E-state index is 0. The molecule has 2 heterocycles. The Bertz CT molecular complexity index is 676. The van der Waals surface area contributed by atoms with E-state index in [0.29, 0.717) is 13.3 Å². The second kappa shape index (κ2) is 9.12. The average Bonchev–Trinajstić information content (AvgIpc) is 3.24. The summed E-state index contributed by atoms with van der Waals surface area (Å²) in [5, 5.41) is 5.50. The van der Waals surface area contributed by atoms with Crippen LogP contribution in [0, 0.1) is 0 Å². The lowest BCUT2D eigenvalue weighted by Crippen LogP contribution is -2.39. The Labute approximate surface area is 163 Å². The van der Waals surface area contributed by atoms with E-state index < -0.39 is 0 Å². The van der Waals surface area contributed by atoms with Crippen LogP contribution in [-0.4, -0.2) is 38.3 Å². The van der Waals surface area contributed by atoms with E-state index in [1.54, 1.807) is 11.3 Å². The first-order valence-electron chi connectivity index (χ1n) is 7.59. The fraction of sp³-hybridized carbons (Fsp3) is 0.353. The van der Waals surface area contributed by atoms with Crippen LogP contribution in [0.3, 0.4) is 0 Å². The van der Waals surface area contributed by atoms with Crippen LogP contribution in [-0.2, 0) is 13.0 Å². The molecule has 0 atom stereocenters. The Morgan fingerprint density at radius 2 is 2.12 bits per heavy atom. The quantitative estimate of drug-likeness (QED) is 0.424. The zero-order valence-electron chi connectivity index (χ0n) is 13.8. The van der Waals surface area contributed by atoms with E-state index in [2.05, 4.69) is 39.8 Å².